The zero-order valence-corrected chi connectivity index (χ0v) is 12.2. The second-order valence-electron chi connectivity index (χ2n) is 4.40. The van der Waals surface area contributed by atoms with Crippen LogP contribution in [0.15, 0.2) is 53.6 Å². The van der Waals surface area contributed by atoms with Gasteiger partial charge >= 0.3 is 0 Å². The molecule has 6 nitrogen and oxygen atoms in total. The summed E-state index contributed by atoms with van der Waals surface area (Å²) in [5, 5.41) is 32.1. The molecule has 7 heteroatoms. The number of hydrogen-bond acceptors (Lipinski definition) is 7. The zero-order chi connectivity index (χ0) is 15.4. The fourth-order valence-electron chi connectivity index (χ4n) is 1.75. The van der Waals surface area contributed by atoms with Gasteiger partial charge in [-0.05, 0) is 23.8 Å². The molecule has 0 radical (unpaired) electrons. The highest BCUT2D eigenvalue weighted by Gasteiger charge is 2.05. The summed E-state index contributed by atoms with van der Waals surface area (Å²) in [5.41, 5.74) is 4.44. The third-order valence-electron chi connectivity index (χ3n) is 2.82. The number of hydrogen-bond donors (Lipinski definition) is 3. The lowest BCUT2D eigenvalue weighted by Crippen LogP contribution is -1.89. The Morgan fingerprint density at radius 3 is 2.59 bits per heavy atom. The molecule has 22 heavy (non-hydrogen) atoms. The summed E-state index contributed by atoms with van der Waals surface area (Å²) in [5.74, 6) is -0.354. The van der Waals surface area contributed by atoms with Crippen molar-refractivity contribution in [1.29, 1.82) is 0 Å². The molecule has 0 fully saturated rings. The van der Waals surface area contributed by atoms with Crippen LogP contribution in [0.4, 0.5) is 5.13 Å². The average molecular weight is 312 g/mol. The first-order valence-corrected chi connectivity index (χ1v) is 7.24. The van der Waals surface area contributed by atoms with Crippen molar-refractivity contribution in [2.24, 2.45) is 5.10 Å². The van der Waals surface area contributed by atoms with Crippen LogP contribution in [0.25, 0.3) is 10.6 Å². The molecule has 3 rings (SSSR count). The summed E-state index contributed by atoms with van der Waals surface area (Å²) < 4.78 is 0. The first kappa shape index (κ1) is 14.0. The molecule has 0 unspecified atom stereocenters. The molecule has 0 saturated heterocycles. The lowest BCUT2D eigenvalue weighted by Gasteiger charge is -1.98. The van der Waals surface area contributed by atoms with Crippen LogP contribution in [-0.4, -0.2) is 26.6 Å². The number of nitrogens with zero attached hydrogens (tertiary/aromatic N) is 3. The second-order valence-corrected chi connectivity index (χ2v) is 5.37. The van der Waals surface area contributed by atoms with Crippen molar-refractivity contribution in [1.82, 2.24) is 10.2 Å². The van der Waals surface area contributed by atoms with Gasteiger partial charge in [-0.15, -0.1) is 10.2 Å². The van der Waals surface area contributed by atoms with Crippen LogP contribution in [0.2, 0.25) is 0 Å². The zero-order valence-electron chi connectivity index (χ0n) is 11.3. The molecule has 0 aliphatic rings. The SMILES string of the molecule is Oc1ccc(/C=N\Nc2nnc(-c3ccccc3)s2)cc1O. The van der Waals surface area contributed by atoms with Crippen LogP contribution in [0, 0.1) is 0 Å². The Morgan fingerprint density at radius 2 is 1.82 bits per heavy atom. The van der Waals surface area contributed by atoms with E-state index in [9.17, 15) is 10.2 Å². The number of hydrazone groups is 1. The van der Waals surface area contributed by atoms with E-state index < -0.39 is 0 Å². The number of aromatic nitrogens is 2. The first-order valence-electron chi connectivity index (χ1n) is 6.42. The van der Waals surface area contributed by atoms with Crippen molar-refractivity contribution in [3.8, 4) is 22.1 Å². The minimum atomic E-state index is -0.189. The minimum Gasteiger partial charge on any atom is -0.504 e. The summed E-state index contributed by atoms with van der Waals surface area (Å²) in [4.78, 5) is 0. The van der Waals surface area contributed by atoms with E-state index in [0.29, 0.717) is 10.7 Å². The molecule has 0 atom stereocenters. The molecular weight excluding hydrogens is 300 g/mol. The van der Waals surface area contributed by atoms with Crippen LogP contribution < -0.4 is 5.43 Å². The van der Waals surface area contributed by atoms with E-state index in [0.717, 1.165) is 10.6 Å². The van der Waals surface area contributed by atoms with Gasteiger partial charge in [0.05, 0.1) is 6.21 Å². The third-order valence-corrected chi connectivity index (χ3v) is 3.70. The van der Waals surface area contributed by atoms with Gasteiger partial charge in [-0.3, -0.25) is 5.43 Å². The summed E-state index contributed by atoms with van der Waals surface area (Å²) in [7, 11) is 0. The first-order chi connectivity index (χ1) is 10.7. The maximum atomic E-state index is 9.39. The van der Waals surface area contributed by atoms with E-state index in [2.05, 4.69) is 20.7 Å². The average Bonchev–Trinajstić information content (AvgIpc) is 3.01. The molecule has 110 valence electrons. The number of nitrogens with one attached hydrogen (secondary N) is 1. The molecule has 3 aromatic rings. The van der Waals surface area contributed by atoms with Crippen LogP contribution in [-0.2, 0) is 0 Å². The Labute approximate surface area is 130 Å². The topological polar surface area (TPSA) is 90.6 Å². The maximum absolute atomic E-state index is 9.39. The Morgan fingerprint density at radius 1 is 1.00 bits per heavy atom. The lowest BCUT2D eigenvalue weighted by atomic mass is 10.2. The van der Waals surface area contributed by atoms with Gasteiger partial charge in [0.15, 0.2) is 11.5 Å². The van der Waals surface area contributed by atoms with Crippen molar-refractivity contribution in [3.05, 3.63) is 54.1 Å². The van der Waals surface area contributed by atoms with E-state index in [-0.39, 0.29) is 11.5 Å². The molecule has 1 heterocycles. The van der Waals surface area contributed by atoms with Gasteiger partial charge in [-0.1, -0.05) is 41.7 Å². The standard InChI is InChI=1S/C15H12N4O2S/c20-12-7-6-10(8-13(12)21)9-16-18-15-19-17-14(22-15)11-4-2-1-3-5-11/h1-9,20-21H,(H,18,19)/b16-9-. The van der Waals surface area contributed by atoms with Crippen molar-refractivity contribution in [2.45, 2.75) is 0 Å². The molecule has 0 aliphatic carbocycles. The van der Waals surface area contributed by atoms with Gasteiger partial charge in [0.2, 0.25) is 5.13 Å². The monoisotopic (exact) mass is 312 g/mol. The van der Waals surface area contributed by atoms with Gasteiger partial charge in [0.1, 0.15) is 5.01 Å². The molecule has 0 aliphatic heterocycles. The Hall–Kier alpha value is -2.93. The second kappa shape index (κ2) is 6.23. The Balaban J connectivity index is 1.68. The lowest BCUT2D eigenvalue weighted by molar-refractivity contribution is 0.403. The highest BCUT2D eigenvalue weighted by Crippen LogP contribution is 2.26. The molecule has 3 N–H and O–H groups in total. The number of aromatic hydroxyl groups is 2. The van der Waals surface area contributed by atoms with Crippen molar-refractivity contribution in [2.75, 3.05) is 5.43 Å². The number of phenols is 2. The fourth-order valence-corrected chi connectivity index (χ4v) is 2.45. The summed E-state index contributed by atoms with van der Waals surface area (Å²) in [6, 6.07) is 14.2. The molecule has 0 spiro atoms. The molecule has 0 bridgehead atoms. The molecule has 2 aromatic carbocycles. The quantitative estimate of drug-likeness (QED) is 0.391. The van der Waals surface area contributed by atoms with Crippen molar-refractivity contribution < 1.29 is 10.2 Å². The minimum absolute atomic E-state index is 0.165. The Kier molecular flexibility index (Phi) is 3.97. The third kappa shape index (κ3) is 3.21. The predicted octanol–water partition coefficient (Wildman–Crippen LogP) is 3.06. The maximum Gasteiger partial charge on any atom is 0.226 e. The van der Waals surface area contributed by atoms with E-state index >= 15 is 0 Å². The Bertz CT molecular complexity index is 802. The van der Waals surface area contributed by atoms with E-state index in [1.54, 1.807) is 6.07 Å². The molecule has 0 saturated carbocycles. The van der Waals surface area contributed by atoms with Crippen LogP contribution in [0.5, 0.6) is 11.5 Å². The number of phenolic OH excluding ortho intramolecular Hbond substituents is 2. The van der Waals surface area contributed by atoms with E-state index in [1.165, 1.54) is 29.7 Å². The number of anilines is 1. The van der Waals surface area contributed by atoms with Gasteiger partial charge in [0, 0.05) is 5.56 Å². The normalized spacial score (nSPS) is 10.9. The summed E-state index contributed by atoms with van der Waals surface area (Å²) >= 11 is 1.39. The highest BCUT2D eigenvalue weighted by atomic mass is 32.1. The van der Waals surface area contributed by atoms with Crippen molar-refractivity contribution in [3.63, 3.8) is 0 Å². The highest BCUT2D eigenvalue weighted by molar-refractivity contribution is 7.18. The predicted molar refractivity (Wildman–Crippen MR) is 86.3 cm³/mol. The van der Waals surface area contributed by atoms with Crippen LogP contribution in [0.3, 0.4) is 0 Å². The molecular formula is C15H12N4O2S. The van der Waals surface area contributed by atoms with Gasteiger partial charge in [0.25, 0.3) is 0 Å². The van der Waals surface area contributed by atoms with E-state index in [1.807, 2.05) is 30.3 Å². The van der Waals surface area contributed by atoms with Gasteiger partial charge in [-0.2, -0.15) is 5.10 Å². The largest absolute Gasteiger partial charge is 0.504 e. The number of rotatable bonds is 4. The van der Waals surface area contributed by atoms with Gasteiger partial charge in [-0.25, -0.2) is 0 Å². The fraction of sp³-hybridized carbons (Fsp3) is 0. The van der Waals surface area contributed by atoms with E-state index in [4.69, 9.17) is 0 Å². The van der Waals surface area contributed by atoms with Crippen molar-refractivity contribution >= 4 is 22.7 Å². The summed E-state index contributed by atoms with van der Waals surface area (Å²) in [6.45, 7) is 0. The van der Waals surface area contributed by atoms with Crippen LogP contribution >= 0.6 is 11.3 Å². The molecule has 1 aromatic heterocycles. The van der Waals surface area contributed by atoms with Crippen LogP contribution in [0.1, 0.15) is 5.56 Å². The molecule has 0 amide bonds. The smallest absolute Gasteiger partial charge is 0.226 e. The van der Waals surface area contributed by atoms with Gasteiger partial charge < -0.3 is 10.2 Å². The summed E-state index contributed by atoms with van der Waals surface area (Å²) in [6.07, 6.45) is 1.52. The number of benzene rings is 2.